The van der Waals surface area contributed by atoms with Crippen molar-refractivity contribution in [3.63, 3.8) is 0 Å². The number of hydrogen-bond acceptors (Lipinski definition) is 2. The van der Waals surface area contributed by atoms with Crippen molar-refractivity contribution in [2.75, 3.05) is 19.6 Å². The van der Waals surface area contributed by atoms with Gasteiger partial charge in [-0.15, -0.1) is 0 Å². The molecule has 0 saturated carbocycles. The van der Waals surface area contributed by atoms with Crippen LogP contribution in [0.3, 0.4) is 0 Å². The summed E-state index contributed by atoms with van der Waals surface area (Å²) in [5, 5.41) is 0. The van der Waals surface area contributed by atoms with Crippen LogP contribution in [0.2, 0.25) is 0 Å². The summed E-state index contributed by atoms with van der Waals surface area (Å²) in [6.07, 6.45) is 8.12. The zero-order valence-electron chi connectivity index (χ0n) is 9.98. The van der Waals surface area contributed by atoms with Crippen LogP contribution >= 0.6 is 0 Å². The molecule has 1 aromatic heterocycles. The van der Waals surface area contributed by atoms with Gasteiger partial charge in [-0.05, 0) is 31.0 Å². The van der Waals surface area contributed by atoms with E-state index in [0.29, 0.717) is 5.78 Å². The van der Waals surface area contributed by atoms with Gasteiger partial charge in [0.05, 0.1) is 0 Å². The SMILES string of the molecule is Cn1ccc(CCCN2CCC(=O)CC2)c1. The third kappa shape index (κ3) is 3.20. The van der Waals surface area contributed by atoms with Gasteiger partial charge in [0.2, 0.25) is 0 Å². The van der Waals surface area contributed by atoms with Crippen LogP contribution in [0.15, 0.2) is 18.5 Å². The van der Waals surface area contributed by atoms with E-state index in [1.807, 2.05) is 0 Å². The fraction of sp³-hybridized carbons (Fsp3) is 0.615. The fourth-order valence-electron chi connectivity index (χ4n) is 2.24. The van der Waals surface area contributed by atoms with Gasteiger partial charge in [0.25, 0.3) is 0 Å². The maximum atomic E-state index is 11.1. The maximum absolute atomic E-state index is 11.1. The molecular weight excluding hydrogens is 200 g/mol. The Morgan fingerprint density at radius 2 is 2.06 bits per heavy atom. The molecule has 1 aliphatic rings. The first kappa shape index (κ1) is 11.4. The molecule has 0 aromatic carbocycles. The molecule has 0 unspecified atom stereocenters. The van der Waals surface area contributed by atoms with E-state index in [4.69, 9.17) is 0 Å². The average Bonchev–Trinajstić information content (AvgIpc) is 2.67. The quantitative estimate of drug-likeness (QED) is 0.770. The third-order valence-corrected chi connectivity index (χ3v) is 3.25. The third-order valence-electron chi connectivity index (χ3n) is 3.25. The lowest BCUT2D eigenvalue weighted by atomic mass is 10.1. The molecule has 1 aromatic rings. The maximum Gasteiger partial charge on any atom is 0.135 e. The monoisotopic (exact) mass is 220 g/mol. The first-order chi connectivity index (χ1) is 7.74. The largest absolute Gasteiger partial charge is 0.357 e. The van der Waals surface area contributed by atoms with E-state index < -0.39 is 0 Å². The van der Waals surface area contributed by atoms with Crippen LogP contribution in [-0.4, -0.2) is 34.9 Å². The summed E-state index contributed by atoms with van der Waals surface area (Å²) in [5.41, 5.74) is 1.41. The topological polar surface area (TPSA) is 25.2 Å². The number of rotatable bonds is 4. The number of nitrogens with zero attached hydrogens (tertiary/aromatic N) is 2. The van der Waals surface area contributed by atoms with Crippen molar-refractivity contribution in [2.24, 2.45) is 7.05 Å². The number of aryl methyl sites for hydroxylation is 2. The Hall–Kier alpha value is -1.09. The number of likely N-dealkylation sites (tertiary alicyclic amines) is 1. The van der Waals surface area contributed by atoms with E-state index >= 15 is 0 Å². The lowest BCUT2D eigenvalue weighted by Crippen LogP contribution is -2.34. The normalized spacial score (nSPS) is 17.9. The molecule has 1 saturated heterocycles. The molecule has 0 atom stereocenters. The Balaban J connectivity index is 1.66. The number of aromatic nitrogens is 1. The second-order valence-electron chi connectivity index (χ2n) is 4.67. The van der Waals surface area contributed by atoms with Crippen LogP contribution in [0.5, 0.6) is 0 Å². The van der Waals surface area contributed by atoms with Crippen LogP contribution in [-0.2, 0) is 18.3 Å². The van der Waals surface area contributed by atoms with Crippen molar-refractivity contribution in [1.29, 1.82) is 0 Å². The zero-order chi connectivity index (χ0) is 11.4. The molecule has 0 aliphatic carbocycles. The molecule has 16 heavy (non-hydrogen) atoms. The van der Waals surface area contributed by atoms with E-state index in [-0.39, 0.29) is 0 Å². The van der Waals surface area contributed by atoms with Gasteiger partial charge < -0.3 is 9.47 Å². The molecule has 2 heterocycles. The Labute approximate surface area is 97.1 Å². The molecule has 0 bridgehead atoms. The van der Waals surface area contributed by atoms with Gasteiger partial charge in [0, 0.05) is 45.4 Å². The molecular formula is C13H20N2O. The second-order valence-corrected chi connectivity index (χ2v) is 4.67. The Morgan fingerprint density at radius 1 is 1.31 bits per heavy atom. The summed E-state index contributed by atoms with van der Waals surface area (Å²) < 4.78 is 2.09. The first-order valence-electron chi connectivity index (χ1n) is 6.09. The molecule has 1 aliphatic heterocycles. The van der Waals surface area contributed by atoms with Crippen LogP contribution < -0.4 is 0 Å². The van der Waals surface area contributed by atoms with Crippen molar-refractivity contribution in [3.8, 4) is 0 Å². The number of carbonyl (C=O) groups is 1. The highest BCUT2D eigenvalue weighted by Gasteiger charge is 2.15. The molecule has 0 N–H and O–H groups in total. The van der Waals surface area contributed by atoms with Gasteiger partial charge in [-0.1, -0.05) is 0 Å². The van der Waals surface area contributed by atoms with Crippen LogP contribution in [0, 0.1) is 0 Å². The molecule has 1 fully saturated rings. The molecule has 0 amide bonds. The van der Waals surface area contributed by atoms with Crippen LogP contribution in [0.4, 0.5) is 0 Å². The Morgan fingerprint density at radius 3 is 2.69 bits per heavy atom. The lowest BCUT2D eigenvalue weighted by molar-refractivity contribution is -0.121. The van der Waals surface area contributed by atoms with Gasteiger partial charge in [-0.2, -0.15) is 0 Å². The Bertz CT molecular complexity index is 347. The molecule has 0 spiro atoms. The second kappa shape index (κ2) is 5.30. The number of hydrogen-bond donors (Lipinski definition) is 0. The highest BCUT2D eigenvalue weighted by Crippen LogP contribution is 2.08. The summed E-state index contributed by atoms with van der Waals surface area (Å²) in [6.45, 7) is 3.06. The van der Waals surface area contributed by atoms with E-state index in [0.717, 1.165) is 38.9 Å². The highest BCUT2D eigenvalue weighted by molar-refractivity contribution is 5.79. The summed E-state index contributed by atoms with van der Waals surface area (Å²) in [6, 6.07) is 2.18. The standard InChI is InChI=1S/C13H20N2O/c1-14-8-4-12(11-14)3-2-7-15-9-5-13(16)6-10-15/h4,8,11H,2-3,5-7,9-10H2,1H3. The minimum atomic E-state index is 0.430. The van der Waals surface area contributed by atoms with Crippen LogP contribution in [0.25, 0.3) is 0 Å². The molecule has 3 heteroatoms. The number of ketones is 1. The molecule has 0 radical (unpaired) electrons. The number of piperidine rings is 1. The minimum absolute atomic E-state index is 0.430. The van der Waals surface area contributed by atoms with E-state index in [9.17, 15) is 4.79 Å². The van der Waals surface area contributed by atoms with Gasteiger partial charge in [0.1, 0.15) is 5.78 Å². The molecule has 88 valence electrons. The predicted octanol–water partition coefficient (Wildman–Crippen LogP) is 1.62. The average molecular weight is 220 g/mol. The van der Waals surface area contributed by atoms with Crippen molar-refractivity contribution < 1.29 is 4.79 Å². The van der Waals surface area contributed by atoms with Gasteiger partial charge in [0.15, 0.2) is 0 Å². The smallest absolute Gasteiger partial charge is 0.135 e. The zero-order valence-corrected chi connectivity index (χ0v) is 9.98. The van der Waals surface area contributed by atoms with Crippen LogP contribution in [0.1, 0.15) is 24.8 Å². The molecule has 2 rings (SSSR count). The van der Waals surface area contributed by atoms with E-state index in [2.05, 4.69) is 35.0 Å². The minimum Gasteiger partial charge on any atom is -0.357 e. The van der Waals surface area contributed by atoms with Gasteiger partial charge >= 0.3 is 0 Å². The summed E-state index contributed by atoms with van der Waals surface area (Å²) in [5.74, 6) is 0.430. The van der Waals surface area contributed by atoms with Crippen molar-refractivity contribution >= 4 is 5.78 Å². The Kier molecular flexibility index (Phi) is 3.78. The van der Waals surface area contributed by atoms with E-state index in [1.54, 1.807) is 0 Å². The highest BCUT2D eigenvalue weighted by atomic mass is 16.1. The number of carbonyl (C=O) groups excluding carboxylic acids is 1. The van der Waals surface area contributed by atoms with Crippen molar-refractivity contribution in [2.45, 2.75) is 25.7 Å². The first-order valence-corrected chi connectivity index (χ1v) is 6.09. The van der Waals surface area contributed by atoms with Gasteiger partial charge in [-0.3, -0.25) is 4.79 Å². The van der Waals surface area contributed by atoms with Crippen molar-refractivity contribution in [1.82, 2.24) is 9.47 Å². The van der Waals surface area contributed by atoms with E-state index in [1.165, 1.54) is 12.0 Å². The lowest BCUT2D eigenvalue weighted by Gasteiger charge is -2.25. The summed E-state index contributed by atoms with van der Waals surface area (Å²) in [4.78, 5) is 13.5. The number of Topliss-reactive ketones (excluding diaryl/α,β-unsaturated/α-hetero) is 1. The summed E-state index contributed by atoms with van der Waals surface area (Å²) >= 11 is 0. The summed E-state index contributed by atoms with van der Waals surface area (Å²) in [7, 11) is 2.06. The van der Waals surface area contributed by atoms with Gasteiger partial charge in [-0.25, -0.2) is 0 Å². The predicted molar refractivity (Wildman–Crippen MR) is 64.4 cm³/mol. The molecule has 3 nitrogen and oxygen atoms in total. The fourth-order valence-corrected chi connectivity index (χ4v) is 2.24. The van der Waals surface area contributed by atoms with Crippen molar-refractivity contribution in [3.05, 3.63) is 24.0 Å².